The third-order valence-electron chi connectivity index (χ3n) is 10.6. The summed E-state index contributed by atoms with van der Waals surface area (Å²) in [6.45, 7) is 3.56. The van der Waals surface area contributed by atoms with E-state index >= 15 is 0 Å². The van der Waals surface area contributed by atoms with Crippen molar-refractivity contribution in [2.75, 3.05) is 0 Å². The minimum Gasteiger partial charge on any atom is -0.307 e. The predicted octanol–water partition coefficient (Wildman–Crippen LogP) is 11.7. The highest BCUT2D eigenvalue weighted by molar-refractivity contribution is 6.23. The van der Waals surface area contributed by atoms with Crippen LogP contribution in [0.25, 0.3) is 89.2 Å². The van der Waals surface area contributed by atoms with Crippen molar-refractivity contribution in [3.05, 3.63) is 175 Å². The molecular formula is C48H33N5. The van der Waals surface area contributed by atoms with Crippen molar-refractivity contribution in [3.8, 4) is 45.5 Å². The maximum atomic E-state index is 9.81. The van der Waals surface area contributed by atoms with Crippen molar-refractivity contribution in [1.82, 2.24) is 24.1 Å². The third kappa shape index (κ3) is 4.28. The van der Waals surface area contributed by atoms with E-state index in [1.165, 1.54) is 0 Å². The van der Waals surface area contributed by atoms with Crippen LogP contribution in [0.3, 0.4) is 0 Å². The molecule has 0 saturated heterocycles. The van der Waals surface area contributed by atoms with E-state index in [2.05, 4.69) is 47.0 Å². The summed E-state index contributed by atoms with van der Waals surface area (Å²) >= 11 is 0. The Bertz CT molecular complexity index is 3490. The van der Waals surface area contributed by atoms with Crippen molar-refractivity contribution in [2.45, 2.75) is 19.3 Å². The molecule has 11 rings (SSSR count). The van der Waals surface area contributed by atoms with Crippen molar-refractivity contribution >= 4 is 43.6 Å². The van der Waals surface area contributed by atoms with Crippen LogP contribution in [0.1, 0.15) is 34.6 Å². The molecule has 0 unspecified atom stereocenters. The van der Waals surface area contributed by atoms with Gasteiger partial charge < -0.3 is 4.57 Å². The molecule has 250 valence electrons. The molecule has 0 saturated carbocycles. The van der Waals surface area contributed by atoms with Gasteiger partial charge in [0.1, 0.15) is 0 Å². The van der Waals surface area contributed by atoms with Gasteiger partial charge in [-0.15, -0.1) is 0 Å². The van der Waals surface area contributed by atoms with E-state index in [-0.39, 0.29) is 64.7 Å². The highest BCUT2D eigenvalue weighted by Gasteiger charge is 2.35. The van der Waals surface area contributed by atoms with Gasteiger partial charge in [0.25, 0.3) is 0 Å². The fraction of sp³-hybridized carbons (Fsp3) is 0.0625. The minimum atomic E-state index is -1.09. The lowest BCUT2D eigenvalue weighted by atomic mass is 9.82. The van der Waals surface area contributed by atoms with E-state index in [4.69, 9.17) is 20.4 Å². The molecule has 0 radical (unpaired) electrons. The van der Waals surface area contributed by atoms with Crippen LogP contribution in [0.5, 0.6) is 0 Å². The summed E-state index contributed by atoms with van der Waals surface area (Å²) in [6.07, 6.45) is 0. The Morgan fingerprint density at radius 3 is 1.77 bits per heavy atom. The molecule has 5 heteroatoms. The van der Waals surface area contributed by atoms with Gasteiger partial charge in [-0.3, -0.25) is 4.57 Å². The summed E-state index contributed by atoms with van der Waals surface area (Å²) in [5.74, 6) is 0.542. The van der Waals surface area contributed by atoms with Gasteiger partial charge in [0.2, 0.25) is 5.95 Å². The van der Waals surface area contributed by atoms with Crippen LogP contribution < -0.4 is 0 Å². The van der Waals surface area contributed by atoms with E-state index in [1.54, 1.807) is 13.8 Å². The summed E-state index contributed by atoms with van der Waals surface area (Å²) < 4.78 is 68.0. The quantitative estimate of drug-likeness (QED) is 0.185. The molecule has 7 aromatic carbocycles. The molecule has 0 fully saturated rings. The fourth-order valence-corrected chi connectivity index (χ4v) is 8.11. The SMILES string of the molecule is [2H]c1c([2H])c([2H])c2c(c1[2H])-c1c([2H])c(-c3nc(-c4ccccc4)nc(-n4c5ccccc5c5ccc6c7ccccc7n(-c7ccccc7)c6c54)n3)c([2H])c([2H])c1C2(C)C. The highest BCUT2D eigenvalue weighted by atomic mass is 15.2. The zero-order valence-electron chi connectivity index (χ0n) is 35.8. The second-order valence-corrected chi connectivity index (χ2v) is 13.9. The Hall–Kier alpha value is -6.85. The number of hydrogen-bond donors (Lipinski definition) is 0. The zero-order chi connectivity index (χ0) is 41.4. The summed E-state index contributed by atoms with van der Waals surface area (Å²) in [6, 6.07) is 38.4. The summed E-state index contributed by atoms with van der Waals surface area (Å²) in [5.41, 5.74) is 5.16. The summed E-state index contributed by atoms with van der Waals surface area (Å²) in [5, 5.41) is 4.07. The molecule has 0 atom stereocenters. The first-order valence-electron chi connectivity index (χ1n) is 21.1. The van der Waals surface area contributed by atoms with Gasteiger partial charge in [-0.05, 0) is 52.6 Å². The maximum absolute atomic E-state index is 9.81. The summed E-state index contributed by atoms with van der Waals surface area (Å²) in [7, 11) is 0. The smallest absolute Gasteiger partial charge is 0.238 e. The number of rotatable bonds is 4. The van der Waals surface area contributed by atoms with Gasteiger partial charge in [-0.2, -0.15) is 9.97 Å². The lowest BCUT2D eigenvalue weighted by Crippen LogP contribution is -2.14. The van der Waals surface area contributed by atoms with Crippen molar-refractivity contribution in [2.24, 2.45) is 0 Å². The van der Waals surface area contributed by atoms with E-state index in [9.17, 15) is 4.11 Å². The van der Waals surface area contributed by atoms with Crippen LogP contribution in [0, 0.1) is 0 Å². The predicted molar refractivity (Wildman–Crippen MR) is 217 cm³/mol. The molecule has 0 spiro atoms. The molecule has 1 aliphatic carbocycles. The first-order valence-corrected chi connectivity index (χ1v) is 17.6. The first kappa shape index (κ1) is 23.6. The van der Waals surface area contributed by atoms with Gasteiger partial charge in [0.15, 0.2) is 11.6 Å². The maximum Gasteiger partial charge on any atom is 0.238 e. The van der Waals surface area contributed by atoms with E-state index in [1.807, 2.05) is 83.4 Å². The standard InChI is InChI=1S/C48H33N5/c1-48(2)39-22-12-9-19-33(39)38-29-31(25-28-40(38)48)46-49-45(30-15-5-3-6-16-30)50-47(51-46)53-42-24-14-11-21-35(42)37-27-26-36-34-20-10-13-23-41(34)52(43(36)44(37)53)32-17-7-4-8-18-32/h3-29H,1-2H3/i9D,12D,19D,22D,25D,28D,29D. The molecule has 3 heterocycles. The average molecular weight is 687 g/mol. The molecule has 1 aliphatic rings. The monoisotopic (exact) mass is 686 g/mol. The Morgan fingerprint density at radius 2 is 1.06 bits per heavy atom. The molecular weight excluding hydrogens is 647 g/mol. The largest absolute Gasteiger partial charge is 0.307 e. The molecule has 10 aromatic rings. The highest BCUT2D eigenvalue weighted by Crippen LogP contribution is 2.49. The second kappa shape index (κ2) is 11.1. The minimum absolute atomic E-state index is 0.000968. The third-order valence-corrected chi connectivity index (χ3v) is 10.6. The number of para-hydroxylation sites is 3. The van der Waals surface area contributed by atoms with Crippen LogP contribution >= 0.6 is 0 Å². The first-order chi connectivity index (χ1) is 29.0. The molecule has 0 N–H and O–H groups in total. The van der Waals surface area contributed by atoms with Crippen molar-refractivity contribution in [1.29, 1.82) is 0 Å². The Labute approximate surface area is 316 Å². The van der Waals surface area contributed by atoms with Crippen molar-refractivity contribution in [3.63, 3.8) is 0 Å². The van der Waals surface area contributed by atoms with Crippen LogP contribution in [0.4, 0.5) is 0 Å². The number of nitrogens with zero attached hydrogens (tertiary/aromatic N) is 5. The van der Waals surface area contributed by atoms with Gasteiger partial charge >= 0.3 is 0 Å². The van der Waals surface area contributed by atoms with Gasteiger partial charge in [0, 0.05) is 43.8 Å². The topological polar surface area (TPSA) is 48.5 Å². The Morgan fingerprint density at radius 1 is 0.491 bits per heavy atom. The fourth-order valence-electron chi connectivity index (χ4n) is 8.11. The average Bonchev–Trinajstić information content (AvgIpc) is 3.88. The molecule has 3 aromatic heterocycles. The zero-order valence-corrected chi connectivity index (χ0v) is 28.8. The lowest BCUT2D eigenvalue weighted by molar-refractivity contribution is 0.660. The number of aromatic nitrogens is 5. The van der Waals surface area contributed by atoms with E-state index in [0.29, 0.717) is 22.5 Å². The Balaban J connectivity index is 1.29. The van der Waals surface area contributed by atoms with E-state index < -0.39 is 11.5 Å². The van der Waals surface area contributed by atoms with Crippen LogP contribution in [-0.2, 0) is 5.41 Å². The van der Waals surface area contributed by atoms with Crippen LogP contribution in [0.15, 0.2) is 164 Å². The number of benzene rings is 7. The van der Waals surface area contributed by atoms with Gasteiger partial charge in [0.05, 0.1) is 31.7 Å². The molecule has 0 aliphatic heterocycles. The Kier molecular flexibility index (Phi) is 4.93. The van der Waals surface area contributed by atoms with E-state index in [0.717, 1.165) is 49.3 Å². The van der Waals surface area contributed by atoms with Crippen molar-refractivity contribution < 1.29 is 9.60 Å². The summed E-state index contributed by atoms with van der Waals surface area (Å²) in [4.78, 5) is 15.2. The van der Waals surface area contributed by atoms with Gasteiger partial charge in [-0.25, -0.2) is 4.98 Å². The molecule has 5 nitrogen and oxygen atoms in total. The normalized spacial score (nSPS) is 15.1. The number of hydrogen-bond acceptors (Lipinski definition) is 3. The molecule has 53 heavy (non-hydrogen) atoms. The second-order valence-electron chi connectivity index (χ2n) is 13.9. The van der Waals surface area contributed by atoms with Crippen LogP contribution in [-0.4, -0.2) is 24.1 Å². The van der Waals surface area contributed by atoms with Gasteiger partial charge in [-0.1, -0.05) is 147 Å². The number of fused-ring (bicyclic) bond motifs is 10. The molecule has 0 bridgehead atoms. The molecule has 0 amide bonds. The van der Waals surface area contributed by atoms with Crippen LogP contribution in [0.2, 0.25) is 0 Å². The lowest BCUT2D eigenvalue weighted by Gasteiger charge is -2.21.